The molecule has 0 saturated carbocycles. The van der Waals surface area contributed by atoms with Gasteiger partial charge in [0, 0.05) is 31.4 Å². The van der Waals surface area contributed by atoms with Gasteiger partial charge in [-0.05, 0) is 32.9 Å². The van der Waals surface area contributed by atoms with Gasteiger partial charge in [-0.2, -0.15) is 0 Å². The van der Waals surface area contributed by atoms with Crippen LogP contribution in [-0.2, 0) is 16.0 Å². The van der Waals surface area contributed by atoms with Crippen LogP contribution >= 0.6 is 0 Å². The van der Waals surface area contributed by atoms with Crippen LogP contribution in [0.1, 0.15) is 25.2 Å². The molecule has 24 heavy (non-hydrogen) atoms. The number of imidazole rings is 1. The van der Waals surface area contributed by atoms with Gasteiger partial charge in [0.05, 0.1) is 31.0 Å². The third-order valence-electron chi connectivity index (χ3n) is 4.36. The first kappa shape index (κ1) is 16.9. The van der Waals surface area contributed by atoms with Crippen LogP contribution in [0.5, 0.6) is 0 Å². The van der Waals surface area contributed by atoms with Gasteiger partial charge < -0.3 is 14.5 Å². The standard InChI is InChI=1S/C18H26N4O2/c1-14-15(22-7-5-4-6-16(22)19-14)12-17(23)20-18(2,3)13-21-8-10-24-11-9-21/h4-7H,8-13H2,1-3H3,(H,20,23). The average molecular weight is 330 g/mol. The Hall–Kier alpha value is -1.92. The van der Waals surface area contributed by atoms with Gasteiger partial charge in [0.15, 0.2) is 0 Å². The van der Waals surface area contributed by atoms with Crippen molar-refractivity contribution in [3.63, 3.8) is 0 Å². The SMILES string of the molecule is Cc1nc2ccccn2c1CC(=O)NC(C)(C)CN1CCOCC1. The van der Waals surface area contributed by atoms with E-state index in [0.29, 0.717) is 6.42 Å². The van der Waals surface area contributed by atoms with Gasteiger partial charge in [-0.3, -0.25) is 9.69 Å². The fourth-order valence-corrected chi connectivity index (χ4v) is 3.31. The predicted octanol–water partition coefficient (Wildman–Crippen LogP) is 1.41. The molecule has 1 aliphatic rings. The largest absolute Gasteiger partial charge is 0.379 e. The summed E-state index contributed by atoms with van der Waals surface area (Å²) >= 11 is 0. The molecule has 6 heteroatoms. The minimum absolute atomic E-state index is 0.0296. The van der Waals surface area contributed by atoms with Crippen molar-refractivity contribution in [2.45, 2.75) is 32.7 Å². The van der Waals surface area contributed by atoms with Crippen LogP contribution in [0.2, 0.25) is 0 Å². The zero-order chi connectivity index (χ0) is 17.2. The van der Waals surface area contributed by atoms with Gasteiger partial charge in [-0.1, -0.05) is 6.07 Å². The van der Waals surface area contributed by atoms with Crippen molar-refractivity contribution in [2.24, 2.45) is 0 Å². The monoisotopic (exact) mass is 330 g/mol. The van der Waals surface area contributed by atoms with Crippen molar-refractivity contribution >= 4 is 11.6 Å². The second kappa shape index (κ2) is 6.91. The lowest BCUT2D eigenvalue weighted by molar-refractivity contribution is -0.122. The Morgan fingerprint density at radius 1 is 1.33 bits per heavy atom. The first-order valence-corrected chi connectivity index (χ1v) is 8.48. The molecular formula is C18H26N4O2. The number of nitrogens with one attached hydrogen (secondary N) is 1. The van der Waals surface area contributed by atoms with Gasteiger partial charge in [0.1, 0.15) is 5.65 Å². The number of amides is 1. The van der Waals surface area contributed by atoms with Crippen molar-refractivity contribution in [1.29, 1.82) is 0 Å². The summed E-state index contributed by atoms with van der Waals surface area (Å²) in [5.41, 5.74) is 2.46. The Bertz CT molecular complexity index is 717. The van der Waals surface area contributed by atoms with Gasteiger partial charge >= 0.3 is 0 Å². The van der Waals surface area contributed by atoms with Crippen molar-refractivity contribution in [1.82, 2.24) is 19.6 Å². The maximum Gasteiger partial charge on any atom is 0.226 e. The van der Waals surface area contributed by atoms with Crippen molar-refractivity contribution in [2.75, 3.05) is 32.8 Å². The summed E-state index contributed by atoms with van der Waals surface area (Å²) in [4.78, 5) is 19.4. The molecule has 130 valence electrons. The first-order valence-electron chi connectivity index (χ1n) is 8.48. The van der Waals surface area contributed by atoms with Crippen molar-refractivity contribution < 1.29 is 9.53 Å². The number of rotatable bonds is 5. The topological polar surface area (TPSA) is 58.9 Å². The van der Waals surface area contributed by atoms with Gasteiger partial charge in [-0.15, -0.1) is 0 Å². The Morgan fingerprint density at radius 3 is 2.83 bits per heavy atom. The van der Waals surface area contributed by atoms with E-state index in [-0.39, 0.29) is 11.4 Å². The smallest absolute Gasteiger partial charge is 0.226 e. The molecule has 0 radical (unpaired) electrons. The second-order valence-corrected chi connectivity index (χ2v) is 7.07. The lowest BCUT2D eigenvalue weighted by Gasteiger charge is -2.35. The molecule has 1 fully saturated rings. The summed E-state index contributed by atoms with van der Waals surface area (Å²) in [5, 5.41) is 3.17. The minimum Gasteiger partial charge on any atom is -0.379 e. The van der Waals surface area contributed by atoms with E-state index in [1.165, 1.54) is 0 Å². The lowest BCUT2D eigenvalue weighted by atomic mass is 10.0. The van der Waals surface area contributed by atoms with Crippen LogP contribution in [0.25, 0.3) is 5.65 Å². The molecule has 0 unspecified atom stereocenters. The van der Waals surface area contributed by atoms with E-state index in [0.717, 1.165) is 49.9 Å². The molecule has 1 N–H and O–H groups in total. The molecule has 3 rings (SSSR count). The van der Waals surface area contributed by atoms with E-state index < -0.39 is 0 Å². The van der Waals surface area contributed by atoms with Crippen molar-refractivity contribution in [3.8, 4) is 0 Å². The summed E-state index contributed by atoms with van der Waals surface area (Å²) in [6, 6.07) is 5.87. The maximum absolute atomic E-state index is 12.6. The zero-order valence-corrected chi connectivity index (χ0v) is 14.7. The van der Waals surface area contributed by atoms with Crippen LogP contribution in [0.4, 0.5) is 0 Å². The summed E-state index contributed by atoms with van der Waals surface area (Å²) < 4.78 is 7.37. The van der Waals surface area contributed by atoms with Gasteiger partial charge in [0.25, 0.3) is 0 Å². The number of aromatic nitrogens is 2. The highest BCUT2D eigenvalue weighted by Gasteiger charge is 2.25. The molecule has 1 aliphatic heterocycles. The molecule has 2 aromatic heterocycles. The fraction of sp³-hybridized carbons (Fsp3) is 0.556. The fourth-order valence-electron chi connectivity index (χ4n) is 3.31. The highest BCUT2D eigenvalue weighted by molar-refractivity contribution is 5.79. The predicted molar refractivity (Wildman–Crippen MR) is 93.1 cm³/mol. The molecule has 6 nitrogen and oxygen atoms in total. The molecule has 1 saturated heterocycles. The number of hydrogen-bond donors (Lipinski definition) is 1. The van der Waals surface area contributed by atoms with Crippen LogP contribution in [0.3, 0.4) is 0 Å². The van der Waals surface area contributed by atoms with Crippen LogP contribution in [0, 0.1) is 6.92 Å². The summed E-state index contributed by atoms with van der Waals surface area (Å²) in [5.74, 6) is 0.0296. The molecule has 1 amide bonds. The summed E-state index contributed by atoms with van der Waals surface area (Å²) in [6.07, 6.45) is 2.29. The third kappa shape index (κ3) is 3.94. The molecule has 2 aromatic rings. The number of pyridine rings is 1. The third-order valence-corrected chi connectivity index (χ3v) is 4.36. The zero-order valence-electron chi connectivity index (χ0n) is 14.7. The molecule has 0 bridgehead atoms. The van der Waals surface area contributed by atoms with E-state index in [9.17, 15) is 4.79 Å². The highest BCUT2D eigenvalue weighted by Crippen LogP contribution is 2.14. The molecule has 0 spiro atoms. The Morgan fingerprint density at radius 2 is 2.08 bits per heavy atom. The molecule has 0 aliphatic carbocycles. The van der Waals surface area contributed by atoms with Gasteiger partial charge in [0.2, 0.25) is 5.91 Å². The Kier molecular flexibility index (Phi) is 4.87. The van der Waals surface area contributed by atoms with E-state index in [4.69, 9.17) is 4.74 Å². The molecular weight excluding hydrogens is 304 g/mol. The Balaban J connectivity index is 1.64. The van der Waals surface area contributed by atoms with Crippen molar-refractivity contribution in [3.05, 3.63) is 35.8 Å². The number of fused-ring (bicyclic) bond motifs is 1. The van der Waals surface area contributed by atoms with Crippen LogP contribution in [-0.4, -0.2) is 58.6 Å². The Labute approximate surface area is 142 Å². The van der Waals surface area contributed by atoms with E-state index in [1.807, 2.05) is 35.7 Å². The number of aryl methyl sites for hydroxylation is 1. The second-order valence-electron chi connectivity index (χ2n) is 7.07. The average Bonchev–Trinajstić information content (AvgIpc) is 2.83. The minimum atomic E-state index is -0.275. The normalized spacial score (nSPS) is 16.5. The number of morpholine rings is 1. The quantitative estimate of drug-likeness (QED) is 0.901. The molecule has 0 atom stereocenters. The number of carbonyl (C=O) groups excluding carboxylic acids is 1. The van der Waals surface area contributed by atoms with E-state index in [1.54, 1.807) is 0 Å². The number of carbonyl (C=O) groups is 1. The van der Waals surface area contributed by atoms with Crippen LogP contribution < -0.4 is 5.32 Å². The number of nitrogens with zero attached hydrogens (tertiary/aromatic N) is 3. The first-order chi connectivity index (χ1) is 11.4. The highest BCUT2D eigenvalue weighted by atomic mass is 16.5. The number of ether oxygens (including phenoxy) is 1. The summed E-state index contributed by atoms with van der Waals surface area (Å²) in [6.45, 7) is 10.3. The van der Waals surface area contributed by atoms with E-state index in [2.05, 4.69) is 29.0 Å². The maximum atomic E-state index is 12.6. The van der Waals surface area contributed by atoms with Crippen LogP contribution in [0.15, 0.2) is 24.4 Å². The summed E-state index contributed by atoms with van der Waals surface area (Å²) in [7, 11) is 0. The van der Waals surface area contributed by atoms with Gasteiger partial charge in [-0.25, -0.2) is 4.98 Å². The van der Waals surface area contributed by atoms with E-state index >= 15 is 0 Å². The number of hydrogen-bond acceptors (Lipinski definition) is 4. The molecule has 3 heterocycles. The molecule has 0 aromatic carbocycles. The lowest BCUT2D eigenvalue weighted by Crippen LogP contribution is -2.54.